The van der Waals surface area contributed by atoms with E-state index in [1.807, 2.05) is 0 Å². The third-order valence-electron chi connectivity index (χ3n) is 2.40. The van der Waals surface area contributed by atoms with Gasteiger partial charge in [-0.15, -0.1) is 0 Å². The molecule has 0 spiro atoms. The molecule has 0 saturated heterocycles. The summed E-state index contributed by atoms with van der Waals surface area (Å²) >= 11 is -1.56. The lowest BCUT2D eigenvalue weighted by atomic mass is 10.1. The van der Waals surface area contributed by atoms with Gasteiger partial charge >= 0.3 is 0 Å². The number of nitrogens with zero attached hydrogens (tertiary/aromatic N) is 1. The Morgan fingerprint density at radius 1 is 1.32 bits per heavy atom. The maximum atomic E-state index is 13.9. The lowest BCUT2D eigenvalue weighted by Gasteiger charge is -2.19. The summed E-state index contributed by atoms with van der Waals surface area (Å²) in [4.78, 5) is 0. The van der Waals surface area contributed by atoms with Gasteiger partial charge < -0.3 is 4.55 Å². The first-order valence-electron chi connectivity index (χ1n) is 5.69. The standard InChI is InChI=1S/C13H16F3NOS/c1-8(17-19(18)13(2,3)4)9-6-5-7-10(11(9)14)12(15)16/h5-7,12H,1-4H3/b17-8-/t19-/m0/s1. The molecule has 1 atom stereocenters. The molecule has 19 heavy (non-hydrogen) atoms. The van der Waals surface area contributed by atoms with Crippen LogP contribution in [0.25, 0.3) is 0 Å². The van der Waals surface area contributed by atoms with E-state index in [1.165, 1.54) is 19.1 Å². The molecule has 0 saturated carbocycles. The van der Waals surface area contributed by atoms with Crippen LogP contribution < -0.4 is 0 Å². The Bertz CT molecular complexity index is 483. The Balaban J connectivity index is 3.17. The van der Waals surface area contributed by atoms with E-state index in [1.54, 1.807) is 20.8 Å². The molecule has 1 aromatic rings. The van der Waals surface area contributed by atoms with E-state index in [-0.39, 0.29) is 11.3 Å². The Kier molecular flexibility index (Phi) is 5.04. The fourth-order valence-electron chi connectivity index (χ4n) is 1.31. The van der Waals surface area contributed by atoms with Crippen LogP contribution in [0.4, 0.5) is 13.2 Å². The van der Waals surface area contributed by atoms with Crippen molar-refractivity contribution in [1.29, 1.82) is 0 Å². The molecule has 106 valence electrons. The number of hydrogen-bond donors (Lipinski definition) is 0. The minimum atomic E-state index is -2.89. The summed E-state index contributed by atoms with van der Waals surface area (Å²) in [6.45, 7) is 6.64. The van der Waals surface area contributed by atoms with Crippen molar-refractivity contribution in [1.82, 2.24) is 0 Å². The lowest BCUT2D eigenvalue weighted by Crippen LogP contribution is -2.26. The largest absolute Gasteiger partial charge is 0.591 e. The summed E-state index contributed by atoms with van der Waals surface area (Å²) in [5.74, 6) is -1.01. The summed E-state index contributed by atoms with van der Waals surface area (Å²) in [7, 11) is 0. The highest BCUT2D eigenvalue weighted by Crippen LogP contribution is 2.25. The summed E-state index contributed by atoms with van der Waals surface area (Å²) in [6, 6.07) is 3.70. The summed E-state index contributed by atoms with van der Waals surface area (Å²) in [5, 5.41) is 0. The number of hydrogen-bond acceptors (Lipinski definition) is 2. The normalized spacial score (nSPS) is 14.9. The molecule has 0 N–H and O–H groups in total. The third kappa shape index (κ3) is 3.98. The monoisotopic (exact) mass is 291 g/mol. The van der Waals surface area contributed by atoms with Crippen LogP contribution >= 0.6 is 0 Å². The molecule has 0 aromatic heterocycles. The van der Waals surface area contributed by atoms with Gasteiger partial charge in [-0.2, -0.15) is 0 Å². The molecule has 0 aliphatic carbocycles. The quantitative estimate of drug-likeness (QED) is 0.611. The smallest absolute Gasteiger partial charge is 0.266 e. The van der Waals surface area contributed by atoms with Crippen LogP contribution in [0.3, 0.4) is 0 Å². The number of benzene rings is 1. The molecule has 0 aliphatic rings. The van der Waals surface area contributed by atoms with Crippen molar-refractivity contribution in [2.24, 2.45) is 4.40 Å². The molecule has 6 heteroatoms. The van der Waals surface area contributed by atoms with Crippen LogP contribution in [0.2, 0.25) is 0 Å². The molecule has 2 nitrogen and oxygen atoms in total. The van der Waals surface area contributed by atoms with Crippen LogP contribution in [0.1, 0.15) is 45.2 Å². The summed E-state index contributed by atoms with van der Waals surface area (Å²) < 4.78 is 54.2. The van der Waals surface area contributed by atoms with E-state index in [0.717, 1.165) is 6.07 Å². The van der Waals surface area contributed by atoms with E-state index in [9.17, 15) is 17.7 Å². The number of rotatable bonds is 3. The van der Waals surface area contributed by atoms with Gasteiger partial charge in [0, 0.05) is 5.56 Å². The Hall–Kier alpha value is -1.01. The predicted octanol–water partition coefficient (Wildman–Crippen LogP) is 4.03. The Morgan fingerprint density at radius 3 is 2.37 bits per heavy atom. The zero-order chi connectivity index (χ0) is 14.8. The van der Waals surface area contributed by atoms with Crippen molar-refractivity contribution in [3.63, 3.8) is 0 Å². The van der Waals surface area contributed by atoms with E-state index >= 15 is 0 Å². The van der Waals surface area contributed by atoms with Crippen LogP contribution in [-0.2, 0) is 11.4 Å². The molecular weight excluding hydrogens is 275 g/mol. The van der Waals surface area contributed by atoms with Crippen molar-refractivity contribution >= 4 is 17.1 Å². The van der Waals surface area contributed by atoms with Crippen LogP contribution in [0.15, 0.2) is 22.6 Å². The minimum Gasteiger partial charge on any atom is -0.591 e. The topological polar surface area (TPSA) is 35.4 Å². The van der Waals surface area contributed by atoms with Gasteiger partial charge in [0.2, 0.25) is 0 Å². The maximum Gasteiger partial charge on any atom is 0.266 e. The number of halogens is 3. The lowest BCUT2D eigenvalue weighted by molar-refractivity contribution is 0.146. The molecule has 0 fully saturated rings. The molecule has 0 heterocycles. The van der Waals surface area contributed by atoms with Crippen LogP contribution in [0.5, 0.6) is 0 Å². The van der Waals surface area contributed by atoms with Crippen molar-refractivity contribution in [3.05, 3.63) is 35.1 Å². The highest BCUT2D eigenvalue weighted by Gasteiger charge is 2.27. The molecule has 1 rings (SSSR count). The van der Waals surface area contributed by atoms with Gasteiger partial charge in [0.05, 0.1) is 11.3 Å². The Labute approximate surface area is 114 Å². The second-order valence-corrected chi connectivity index (χ2v) is 6.95. The van der Waals surface area contributed by atoms with Crippen LogP contribution in [0, 0.1) is 5.82 Å². The highest BCUT2D eigenvalue weighted by molar-refractivity contribution is 7.91. The van der Waals surface area contributed by atoms with Crippen LogP contribution in [-0.4, -0.2) is 15.0 Å². The second-order valence-electron chi connectivity index (χ2n) is 5.05. The van der Waals surface area contributed by atoms with Crippen molar-refractivity contribution in [2.45, 2.75) is 38.9 Å². The average Bonchev–Trinajstić information content (AvgIpc) is 2.27. The fourth-order valence-corrected chi connectivity index (χ4v) is 1.93. The van der Waals surface area contributed by atoms with Gasteiger partial charge in [-0.3, -0.25) is 0 Å². The minimum absolute atomic E-state index is 0.0459. The summed E-state index contributed by atoms with van der Waals surface area (Å²) in [6.07, 6.45) is -2.89. The molecule has 0 unspecified atom stereocenters. The fraction of sp³-hybridized carbons (Fsp3) is 0.462. The zero-order valence-corrected chi connectivity index (χ0v) is 12.0. The van der Waals surface area contributed by atoms with Gasteiger partial charge in [-0.05, 0) is 27.7 Å². The maximum absolute atomic E-state index is 13.9. The molecule has 0 radical (unpaired) electrons. The van der Waals surface area contributed by atoms with Gasteiger partial charge in [0.25, 0.3) is 6.43 Å². The Morgan fingerprint density at radius 2 is 1.89 bits per heavy atom. The first-order valence-corrected chi connectivity index (χ1v) is 6.79. The SMILES string of the molecule is C/C(=N/[S@@+]([O-])C(C)(C)C)c1cccc(C(F)F)c1F. The number of alkyl halides is 2. The molecule has 1 aromatic carbocycles. The van der Waals surface area contributed by atoms with Gasteiger partial charge in [-0.25, -0.2) is 13.2 Å². The van der Waals surface area contributed by atoms with Gasteiger partial charge in [0.15, 0.2) is 0 Å². The molecule has 0 bridgehead atoms. The van der Waals surface area contributed by atoms with E-state index in [0.29, 0.717) is 0 Å². The molecular formula is C13H16F3NOS. The van der Waals surface area contributed by atoms with E-state index in [2.05, 4.69) is 4.40 Å². The zero-order valence-electron chi connectivity index (χ0n) is 11.2. The van der Waals surface area contributed by atoms with Crippen molar-refractivity contribution in [2.75, 3.05) is 0 Å². The third-order valence-corrected chi connectivity index (χ3v) is 3.88. The van der Waals surface area contributed by atoms with Crippen molar-refractivity contribution in [3.8, 4) is 0 Å². The van der Waals surface area contributed by atoms with Crippen molar-refractivity contribution < 1.29 is 17.7 Å². The molecule has 0 amide bonds. The second kappa shape index (κ2) is 5.96. The average molecular weight is 291 g/mol. The van der Waals surface area contributed by atoms with E-state index < -0.39 is 33.9 Å². The molecule has 0 aliphatic heterocycles. The summed E-state index contributed by atoms with van der Waals surface area (Å²) in [5.41, 5.74) is -0.572. The first kappa shape index (κ1) is 16.0. The van der Waals surface area contributed by atoms with E-state index in [4.69, 9.17) is 0 Å². The van der Waals surface area contributed by atoms with Gasteiger partial charge in [-0.1, -0.05) is 22.6 Å². The predicted molar refractivity (Wildman–Crippen MR) is 71.5 cm³/mol. The van der Waals surface area contributed by atoms with Gasteiger partial charge in [0.1, 0.15) is 21.9 Å². The first-order chi connectivity index (χ1) is 8.64. The highest BCUT2D eigenvalue weighted by atomic mass is 32.2.